The number of nitrogens with two attached hydrogens (primary N) is 1. The number of hydrogen-bond donors (Lipinski definition) is 2. The van der Waals surface area contributed by atoms with Crippen LogP contribution in [0.25, 0.3) is 11.3 Å². The van der Waals surface area contributed by atoms with E-state index in [2.05, 4.69) is 33.7 Å². The largest absolute Gasteiger partial charge is 0.382 e. The summed E-state index contributed by atoms with van der Waals surface area (Å²) in [6.07, 6.45) is 6.80. The molecule has 0 spiro atoms. The highest BCUT2D eigenvalue weighted by Gasteiger charge is 2.34. The molecule has 38 heavy (non-hydrogen) atoms. The zero-order valence-electron chi connectivity index (χ0n) is 21.2. The summed E-state index contributed by atoms with van der Waals surface area (Å²) in [6.45, 7) is 4.30. The van der Waals surface area contributed by atoms with Gasteiger partial charge in [-0.1, -0.05) is 30.7 Å². The molecule has 3 N–H and O–H groups in total. The molecule has 3 aromatic rings. The predicted octanol–water partition coefficient (Wildman–Crippen LogP) is 3.66. The minimum atomic E-state index is -0.266. The van der Waals surface area contributed by atoms with Crippen molar-refractivity contribution in [2.24, 2.45) is 23.7 Å². The summed E-state index contributed by atoms with van der Waals surface area (Å²) in [4.78, 5) is 40.7. The number of nitrogens with zero attached hydrogens (tertiary/aromatic N) is 5. The van der Waals surface area contributed by atoms with Crippen molar-refractivity contribution in [1.82, 2.24) is 19.4 Å². The highest BCUT2D eigenvalue weighted by Crippen LogP contribution is 2.35. The molecule has 2 aromatic heterocycles. The number of pyridine rings is 1. The van der Waals surface area contributed by atoms with E-state index in [1.165, 1.54) is 6.20 Å². The number of nitrogens with one attached hydrogen (secondary N) is 1. The van der Waals surface area contributed by atoms with E-state index < -0.39 is 0 Å². The number of aromatic nitrogens is 3. The molecule has 0 bridgehead atoms. The Kier molecular flexibility index (Phi) is 7.05. The maximum atomic E-state index is 12.9. The maximum Gasteiger partial charge on any atom is 0.299 e. The molecule has 1 aliphatic heterocycles. The standard InChI is InChI=1S/C29H29N7O2/c1-3-31-27(30)26-25(20-12-14-21(15-13-20)29(38)33-23-8-4-5-17-32-23)34-28(35(26)2)22-7-6-18-36(22)24(37)16-11-19-9-10-19/h3-5,8,12-15,17,19,22H,1,6-7,9-10,18H2,2H3,(H2,30,31)(H,32,33,38)/t22-/m0/s1. The third kappa shape index (κ3) is 5.20. The third-order valence-corrected chi connectivity index (χ3v) is 6.70. The fourth-order valence-electron chi connectivity index (χ4n) is 4.61. The first-order valence-electron chi connectivity index (χ1n) is 12.6. The lowest BCUT2D eigenvalue weighted by Crippen LogP contribution is -2.31. The second-order valence-electron chi connectivity index (χ2n) is 9.37. The molecule has 1 atom stereocenters. The second-order valence-corrected chi connectivity index (χ2v) is 9.37. The van der Waals surface area contributed by atoms with Crippen molar-refractivity contribution in [3.63, 3.8) is 0 Å². The van der Waals surface area contributed by atoms with Crippen molar-refractivity contribution in [2.45, 2.75) is 31.7 Å². The Balaban J connectivity index is 1.46. The van der Waals surface area contributed by atoms with Gasteiger partial charge in [-0.25, -0.2) is 15.0 Å². The van der Waals surface area contributed by atoms with Gasteiger partial charge in [0.1, 0.15) is 23.2 Å². The highest BCUT2D eigenvalue weighted by atomic mass is 16.2. The van der Waals surface area contributed by atoms with E-state index in [0.717, 1.165) is 31.2 Å². The van der Waals surface area contributed by atoms with Crippen molar-refractivity contribution in [2.75, 3.05) is 11.9 Å². The van der Waals surface area contributed by atoms with Gasteiger partial charge in [-0.3, -0.25) is 9.59 Å². The highest BCUT2D eigenvalue weighted by molar-refractivity contribution is 6.05. The third-order valence-electron chi connectivity index (χ3n) is 6.70. The van der Waals surface area contributed by atoms with E-state index in [1.807, 2.05) is 23.7 Å². The SMILES string of the molecule is C=C/N=C(/N)c1c(-c2ccc(C(=O)Nc3ccccn3)cc2)nc([C@@H]2CCCN2C(=O)C#CC2CC2)n1C. The lowest BCUT2D eigenvalue weighted by molar-refractivity contribution is -0.126. The van der Waals surface area contributed by atoms with E-state index in [1.54, 1.807) is 41.4 Å². The number of imidazole rings is 1. The Morgan fingerprint density at radius 3 is 2.66 bits per heavy atom. The van der Waals surface area contributed by atoms with Gasteiger partial charge in [0.05, 0.1) is 11.7 Å². The van der Waals surface area contributed by atoms with Gasteiger partial charge in [-0.2, -0.15) is 0 Å². The molecule has 3 heterocycles. The maximum absolute atomic E-state index is 12.9. The van der Waals surface area contributed by atoms with Crippen molar-refractivity contribution in [1.29, 1.82) is 0 Å². The number of hydrogen-bond acceptors (Lipinski definition) is 5. The zero-order valence-corrected chi connectivity index (χ0v) is 21.2. The van der Waals surface area contributed by atoms with Crippen LogP contribution in [0.15, 0.2) is 66.4 Å². The Labute approximate surface area is 221 Å². The van der Waals surface area contributed by atoms with Gasteiger partial charge in [-0.05, 0) is 55.9 Å². The van der Waals surface area contributed by atoms with Gasteiger partial charge < -0.3 is 20.5 Å². The van der Waals surface area contributed by atoms with Gasteiger partial charge in [-0.15, -0.1) is 0 Å². The predicted molar refractivity (Wildman–Crippen MR) is 146 cm³/mol. The number of benzene rings is 1. The quantitative estimate of drug-likeness (QED) is 0.300. The number of anilines is 1. The average molecular weight is 508 g/mol. The minimum Gasteiger partial charge on any atom is -0.382 e. The van der Waals surface area contributed by atoms with Crippen LogP contribution in [0, 0.1) is 17.8 Å². The first kappa shape index (κ1) is 25.0. The molecule has 9 heteroatoms. The number of amidine groups is 1. The molecule has 2 amide bonds. The molecule has 1 saturated carbocycles. The average Bonchev–Trinajstić information content (AvgIpc) is 3.52. The molecule has 2 aliphatic rings. The fraction of sp³-hybridized carbons (Fsp3) is 0.276. The molecule has 1 aliphatic carbocycles. The normalized spacial score (nSPS) is 17.0. The topological polar surface area (TPSA) is 118 Å². The molecular formula is C29H29N7O2. The summed E-state index contributed by atoms with van der Waals surface area (Å²) in [7, 11) is 1.87. The molecule has 0 radical (unpaired) electrons. The Morgan fingerprint density at radius 1 is 1.18 bits per heavy atom. The zero-order chi connectivity index (χ0) is 26.6. The monoisotopic (exact) mass is 507 g/mol. The molecule has 9 nitrogen and oxygen atoms in total. The van der Waals surface area contributed by atoms with Crippen molar-refractivity contribution in [3.8, 4) is 23.1 Å². The van der Waals surface area contributed by atoms with Crippen LogP contribution in [0.3, 0.4) is 0 Å². The molecule has 2 fully saturated rings. The molecule has 1 aromatic carbocycles. The second kappa shape index (κ2) is 10.7. The molecular weight excluding hydrogens is 478 g/mol. The number of aliphatic imine (C=N–C) groups is 1. The van der Waals surface area contributed by atoms with Gasteiger partial charge in [0.15, 0.2) is 0 Å². The van der Waals surface area contributed by atoms with Gasteiger partial charge in [0, 0.05) is 43.0 Å². The van der Waals surface area contributed by atoms with E-state index >= 15 is 0 Å². The molecule has 192 valence electrons. The smallest absolute Gasteiger partial charge is 0.299 e. The van der Waals surface area contributed by atoms with Crippen LogP contribution in [-0.2, 0) is 11.8 Å². The van der Waals surface area contributed by atoms with E-state index in [9.17, 15) is 9.59 Å². The summed E-state index contributed by atoms with van der Waals surface area (Å²) in [5, 5.41) is 2.78. The number of likely N-dealkylation sites (tertiary alicyclic amines) is 1. The van der Waals surface area contributed by atoms with Gasteiger partial charge in [0.2, 0.25) is 0 Å². The van der Waals surface area contributed by atoms with Crippen molar-refractivity contribution < 1.29 is 9.59 Å². The van der Waals surface area contributed by atoms with Crippen LogP contribution in [0.1, 0.15) is 53.6 Å². The Morgan fingerprint density at radius 2 is 1.97 bits per heavy atom. The van der Waals surface area contributed by atoms with Crippen molar-refractivity contribution in [3.05, 3.63) is 78.5 Å². The van der Waals surface area contributed by atoms with Crippen LogP contribution in [0.5, 0.6) is 0 Å². The van der Waals surface area contributed by atoms with Crippen molar-refractivity contribution >= 4 is 23.5 Å². The molecule has 0 unspecified atom stereocenters. The van der Waals surface area contributed by atoms with E-state index in [-0.39, 0.29) is 23.7 Å². The first-order valence-corrected chi connectivity index (χ1v) is 12.6. The summed E-state index contributed by atoms with van der Waals surface area (Å²) in [5.41, 5.74) is 8.83. The van der Waals surface area contributed by atoms with Crippen LogP contribution >= 0.6 is 0 Å². The summed E-state index contributed by atoms with van der Waals surface area (Å²) >= 11 is 0. The summed E-state index contributed by atoms with van der Waals surface area (Å²) in [5.74, 6) is 7.28. The Bertz CT molecular complexity index is 1460. The van der Waals surface area contributed by atoms with Crippen LogP contribution in [0.4, 0.5) is 5.82 Å². The number of amides is 2. The van der Waals surface area contributed by atoms with Crippen LogP contribution < -0.4 is 11.1 Å². The lowest BCUT2D eigenvalue weighted by atomic mass is 10.1. The number of rotatable bonds is 6. The van der Waals surface area contributed by atoms with Crippen LogP contribution in [0.2, 0.25) is 0 Å². The first-order chi connectivity index (χ1) is 18.5. The van der Waals surface area contributed by atoms with Crippen LogP contribution in [-0.4, -0.2) is 43.6 Å². The molecule has 5 rings (SSSR count). The summed E-state index contributed by atoms with van der Waals surface area (Å²) in [6, 6.07) is 12.2. The molecule has 1 saturated heterocycles. The lowest BCUT2D eigenvalue weighted by Gasteiger charge is -2.22. The van der Waals surface area contributed by atoms with Gasteiger partial charge >= 0.3 is 0 Å². The van der Waals surface area contributed by atoms with E-state index in [0.29, 0.717) is 41.1 Å². The number of carbonyl (C=O) groups is 2. The number of carbonyl (C=O) groups excluding carboxylic acids is 2. The van der Waals surface area contributed by atoms with Gasteiger partial charge in [0.25, 0.3) is 11.8 Å². The summed E-state index contributed by atoms with van der Waals surface area (Å²) < 4.78 is 1.89. The van der Waals surface area contributed by atoms with E-state index in [4.69, 9.17) is 10.7 Å². The Hall–Kier alpha value is -4.71. The fourth-order valence-corrected chi connectivity index (χ4v) is 4.61. The minimum absolute atomic E-state index is 0.165.